The highest BCUT2D eigenvalue weighted by Gasteiger charge is 1.91. The van der Waals surface area contributed by atoms with E-state index in [0.717, 1.165) is 20.6 Å². The van der Waals surface area contributed by atoms with Crippen LogP contribution in [0, 0.1) is 18.3 Å². The summed E-state index contributed by atoms with van der Waals surface area (Å²) in [5.74, 6) is 2.03. The molecule has 0 saturated carbocycles. The van der Waals surface area contributed by atoms with E-state index in [4.69, 9.17) is 5.26 Å². The number of nitrogens with zero attached hydrogens (tertiary/aromatic N) is 3. The Morgan fingerprint density at radius 1 is 1.90 bits per heavy atom. The summed E-state index contributed by atoms with van der Waals surface area (Å²) in [6.07, 6.45) is 0.553. The van der Waals surface area contributed by atoms with Crippen LogP contribution in [-0.4, -0.2) is 9.54 Å². The van der Waals surface area contributed by atoms with E-state index in [9.17, 15) is 0 Å². The van der Waals surface area contributed by atoms with Crippen LogP contribution in [-0.2, 0) is 6.54 Å². The molecule has 52 valence electrons. The second-order valence-corrected chi connectivity index (χ2v) is 2.94. The third-order valence-corrected chi connectivity index (χ3v) is 2.12. The lowest BCUT2D eigenvalue weighted by Gasteiger charge is -1.91. The van der Waals surface area contributed by atoms with Gasteiger partial charge in [-0.25, -0.2) is 4.44 Å². The minimum atomic E-state index is 0.553. The number of rotatable bonds is 2. The molecule has 0 saturated heterocycles. The molecular weight excluding hydrogens is 145 g/mol. The van der Waals surface area contributed by atoms with Crippen LogP contribution >= 0.6 is 8.35 Å². The van der Waals surface area contributed by atoms with Crippen molar-refractivity contribution in [2.45, 2.75) is 19.9 Å². The van der Waals surface area contributed by atoms with Crippen LogP contribution in [0.5, 0.6) is 0 Å². The minimum absolute atomic E-state index is 0.553. The van der Waals surface area contributed by atoms with Gasteiger partial charge >= 0.3 is 0 Å². The fraction of sp³-hybridized carbons (Fsp3) is 0.500. The predicted molar refractivity (Wildman–Crippen MR) is 39.7 cm³/mol. The zero-order chi connectivity index (χ0) is 7.40. The van der Waals surface area contributed by atoms with E-state index >= 15 is 0 Å². The molecule has 0 N–H and O–H groups in total. The molecule has 1 aromatic rings. The van der Waals surface area contributed by atoms with Crippen molar-refractivity contribution in [1.29, 1.82) is 5.26 Å². The van der Waals surface area contributed by atoms with Gasteiger partial charge in [-0.15, -0.1) is 0 Å². The van der Waals surface area contributed by atoms with Gasteiger partial charge in [-0.2, -0.15) is 10.4 Å². The van der Waals surface area contributed by atoms with E-state index in [1.54, 1.807) is 0 Å². The van der Waals surface area contributed by atoms with Gasteiger partial charge in [-0.3, -0.25) is 0 Å². The quantitative estimate of drug-likeness (QED) is 0.648. The zero-order valence-corrected chi connectivity index (χ0v) is 6.67. The standard InChI is InChI=1S/C6H8N3P/c1-6-5-10-9(8-6)4-2-3-7/h5H,2,4H2,1H3. The summed E-state index contributed by atoms with van der Waals surface area (Å²) in [7, 11) is 1.09. The SMILES string of the molecule is Cc1cpn(CCC#N)n1. The number of nitriles is 1. The van der Waals surface area contributed by atoms with Gasteiger partial charge in [0.25, 0.3) is 0 Å². The molecule has 0 radical (unpaired) electrons. The molecule has 3 nitrogen and oxygen atoms in total. The monoisotopic (exact) mass is 153 g/mol. The summed E-state index contributed by atoms with van der Waals surface area (Å²) in [4.78, 5) is 0. The first-order valence-corrected chi connectivity index (χ1v) is 3.98. The lowest BCUT2D eigenvalue weighted by molar-refractivity contribution is 0.675. The van der Waals surface area contributed by atoms with E-state index < -0.39 is 0 Å². The van der Waals surface area contributed by atoms with E-state index in [1.165, 1.54) is 0 Å². The van der Waals surface area contributed by atoms with E-state index in [2.05, 4.69) is 11.2 Å². The highest BCUT2D eigenvalue weighted by atomic mass is 31.0. The number of hydrogen-bond donors (Lipinski definition) is 0. The van der Waals surface area contributed by atoms with Crippen LogP contribution in [0.15, 0.2) is 5.80 Å². The second-order valence-electron chi connectivity index (χ2n) is 1.99. The third kappa shape index (κ3) is 1.82. The lowest BCUT2D eigenvalue weighted by Crippen LogP contribution is -1.94. The largest absolute Gasteiger partial charge is 0.246 e. The molecule has 10 heavy (non-hydrogen) atoms. The maximum Gasteiger partial charge on any atom is 0.0642 e. The third-order valence-electron chi connectivity index (χ3n) is 1.07. The average molecular weight is 153 g/mol. The minimum Gasteiger partial charge on any atom is -0.246 e. The van der Waals surface area contributed by atoms with Crippen molar-refractivity contribution in [3.63, 3.8) is 0 Å². The number of hydrogen-bond acceptors (Lipinski definition) is 2. The molecule has 0 aliphatic rings. The molecule has 1 aromatic heterocycles. The highest BCUT2D eigenvalue weighted by molar-refractivity contribution is 7.25. The van der Waals surface area contributed by atoms with Gasteiger partial charge in [0, 0.05) is 14.1 Å². The highest BCUT2D eigenvalue weighted by Crippen LogP contribution is 2.06. The molecule has 1 heterocycles. The summed E-state index contributed by atoms with van der Waals surface area (Å²) in [5, 5.41) is 12.4. The Bertz CT molecular complexity index is 248. The summed E-state index contributed by atoms with van der Waals surface area (Å²) in [6, 6.07) is 2.08. The molecule has 0 bridgehead atoms. The molecule has 0 aromatic carbocycles. The number of aryl methyl sites for hydroxylation is 2. The normalized spacial score (nSPS) is 10.0. The smallest absolute Gasteiger partial charge is 0.0642 e. The first-order valence-electron chi connectivity index (χ1n) is 3.06. The maximum atomic E-state index is 8.25. The zero-order valence-electron chi connectivity index (χ0n) is 5.78. The summed E-state index contributed by atoms with van der Waals surface area (Å²) in [6.45, 7) is 2.70. The maximum absolute atomic E-state index is 8.25. The van der Waals surface area contributed by atoms with Gasteiger partial charge in [0.05, 0.1) is 24.7 Å². The molecule has 0 amide bonds. The van der Waals surface area contributed by atoms with Crippen LogP contribution in [0.1, 0.15) is 12.1 Å². The molecule has 0 fully saturated rings. The average Bonchev–Trinajstić information content (AvgIpc) is 2.31. The lowest BCUT2D eigenvalue weighted by atomic mass is 10.5. The van der Waals surface area contributed by atoms with Crippen LogP contribution in [0.25, 0.3) is 0 Å². The molecule has 0 aliphatic heterocycles. The van der Waals surface area contributed by atoms with E-state index in [0.29, 0.717) is 6.42 Å². The summed E-state index contributed by atoms with van der Waals surface area (Å²) >= 11 is 0. The van der Waals surface area contributed by atoms with Crippen molar-refractivity contribution in [3.05, 3.63) is 11.5 Å². The Morgan fingerprint density at radius 3 is 3.20 bits per heavy atom. The van der Waals surface area contributed by atoms with E-state index in [1.807, 2.05) is 17.2 Å². The second kappa shape index (κ2) is 3.34. The molecule has 4 heteroatoms. The van der Waals surface area contributed by atoms with Crippen molar-refractivity contribution in [1.82, 2.24) is 9.54 Å². The first-order chi connectivity index (χ1) is 4.83. The molecular formula is C6H8N3P. The van der Waals surface area contributed by atoms with Gasteiger partial charge < -0.3 is 0 Å². The molecule has 0 spiro atoms. The summed E-state index contributed by atoms with van der Waals surface area (Å²) in [5.41, 5.74) is 1.04. The van der Waals surface area contributed by atoms with Crippen LogP contribution in [0.4, 0.5) is 0 Å². The van der Waals surface area contributed by atoms with Crippen LogP contribution < -0.4 is 0 Å². The van der Waals surface area contributed by atoms with Gasteiger partial charge in [-0.1, -0.05) is 0 Å². The Balaban J connectivity index is 2.52. The Morgan fingerprint density at radius 2 is 2.70 bits per heavy atom. The van der Waals surface area contributed by atoms with Gasteiger partial charge in [0.2, 0.25) is 0 Å². The van der Waals surface area contributed by atoms with Gasteiger partial charge in [0.15, 0.2) is 0 Å². The van der Waals surface area contributed by atoms with Crippen LogP contribution in [0.3, 0.4) is 0 Å². The van der Waals surface area contributed by atoms with Crippen molar-refractivity contribution >= 4 is 8.35 Å². The van der Waals surface area contributed by atoms with Crippen molar-refractivity contribution in [2.75, 3.05) is 0 Å². The molecule has 1 rings (SSSR count). The van der Waals surface area contributed by atoms with Gasteiger partial charge in [0.1, 0.15) is 0 Å². The van der Waals surface area contributed by atoms with Crippen LogP contribution in [0.2, 0.25) is 0 Å². The topological polar surface area (TPSA) is 41.6 Å². The molecule has 0 unspecified atom stereocenters. The Hall–Kier alpha value is -0.870. The van der Waals surface area contributed by atoms with Crippen molar-refractivity contribution in [3.8, 4) is 6.07 Å². The summed E-state index contributed by atoms with van der Waals surface area (Å²) < 4.78 is 1.87. The Labute approximate surface area is 61.4 Å². The van der Waals surface area contributed by atoms with Crippen molar-refractivity contribution < 1.29 is 0 Å². The fourth-order valence-electron chi connectivity index (χ4n) is 0.642. The first kappa shape index (κ1) is 7.24. The number of aromatic nitrogens is 2. The van der Waals surface area contributed by atoms with Gasteiger partial charge in [-0.05, 0) is 6.92 Å². The molecule has 0 aliphatic carbocycles. The van der Waals surface area contributed by atoms with E-state index in [-0.39, 0.29) is 0 Å². The predicted octanol–water partition coefficient (Wildman–Crippen LogP) is 1.69. The van der Waals surface area contributed by atoms with Crippen molar-refractivity contribution in [2.24, 2.45) is 0 Å². The Kier molecular flexibility index (Phi) is 2.42. The fourth-order valence-corrected chi connectivity index (χ4v) is 1.40. The molecule has 0 atom stereocenters.